The molecule has 0 unspecified atom stereocenters. The molecule has 0 radical (unpaired) electrons. The molecule has 4 heteroatoms. The molecule has 0 aromatic heterocycles. The van der Waals surface area contributed by atoms with E-state index < -0.39 is 14.3 Å². The lowest BCUT2D eigenvalue weighted by Gasteiger charge is -2.36. The Morgan fingerprint density at radius 3 is 0.894 bits per heavy atom. The molecule has 4 aromatic carbocycles. The number of hydrogen-bond donors (Lipinski definition) is 0. The van der Waals surface area contributed by atoms with E-state index in [-0.39, 0.29) is 5.41 Å². The Bertz CT molecular complexity index is 1700. The topological polar surface area (TPSA) is 34.1 Å². The van der Waals surface area contributed by atoms with Crippen LogP contribution in [0.25, 0.3) is 0 Å². The monoisotopic (exact) mass is 660 g/mol. The summed E-state index contributed by atoms with van der Waals surface area (Å²) >= 11 is 0. The Hall–Kier alpha value is -3.18. The third-order valence-electron chi connectivity index (χ3n) is 10.4. The lowest BCUT2D eigenvalue weighted by molar-refractivity contribution is 0.421. The second-order valence-corrected chi connectivity index (χ2v) is 20.5. The number of rotatable bonds is 8. The number of hydrogen-bond acceptors (Lipinski definition) is 2. The van der Waals surface area contributed by atoms with Crippen molar-refractivity contribution in [3.63, 3.8) is 0 Å². The summed E-state index contributed by atoms with van der Waals surface area (Å²) in [6, 6.07) is 25.8. The standard InChI is InChI=1S/C43H50O2P2/c1-29-15-30(2)20-39(19-29)46(44,40-21-31(3)16-32(4)22-40)27-37-11-9-13-43(37)14-10-12-38(43)28-47(45,41-23-33(5)17-34(6)24-41)42-25-35(7)18-36(8)26-42/h11-12,15-26H,9-10,13-14,27-28H2,1-8H3. The average molecular weight is 661 g/mol. The quantitative estimate of drug-likeness (QED) is 0.139. The van der Waals surface area contributed by atoms with E-state index in [9.17, 15) is 0 Å². The number of aryl methyl sites for hydroxylation is 8. The van der Waals surface area contributed by atoms with Crippen LogP contribution in [0.1, 0.15) is 70.2 Å². The minimum Gasteiger partial charge on any atom is -0.313 e. The maximum absolute atomic E-state index is 15.8. The van der Waals surface area contributed by atoms with Gasteiger partial charge in [-0.2, -0.15) is 0 Å². The highest BCUT2D eigenvalue weighted by Crippen LogP contribution is 2.61. The van der Waals surface area contributed by atoms with Crippen molar-refractivity contribution in [1.82, 2.24) is 0 Å². The summed E-state index contributed by atoms with van der Waals surface area (Å²) in [5.74, 6) is 0. The molecule has 0 N–H and O–H groups in total. The predicted molar refractivity (Wildman–Crippen MR) is 204 cm³/mol. The van der Waals surface area contributed by atoms with E-state index in [0.29, 0.717) is 12.3 Å². The van der Waals surface area contributed by atoms with E-state index in [0.717, 1.165) is 91.4 Å². The molecule has 244 valence electrons. The molecular formula is C43H50O2P2. The van der Waals surface area contributed by atoms with Crippen LogP contribution in [0.2, 0.25) is 0 Å². The van der Waals surface area contributed by atoms with E-state index in [2.05, 4.69) is 140 Å². The lowest BCUT2D eigenvalue weighted by atomic mass is 9.76. The van der Waals surface area contributed by atoms with Gasteiger partial charge in [0.15, 0.2) is 0 Å². The van der Waals surface area contributed by atoms with Crippen molar-refractivity contribution in [2.45, 2.75) is 81.1 Å². The summed E-state index contributed by atoms with van der Waals surface area (Å²) < 4.78 is 31.6. The zero-order chi connectivity index (χ0) is 33.7. The Morgan fingerprint density at radius 2 is 0.660 bits per heavy atom. The first-order valence-corrected chi connectivity index (χ1v) is 20.9. The largest absolute Gasteiger partial charge is 0.313 e. The zero-order valence-corrected chi connectivity index (χ0v) is 31.3. The van der Waals surface area contributed by atoms with E-state index in [4.69, 9.17) is 0 Å². The third-order valence-corrected chi connectivity index (χ3v) is 16.4. The molecule has 0 saturated heterocycles. The van der Waals surface area contributed by atoms with Gasteiger partial charge in [-0.3, -0.25) is 0 Å². The smallest absolute Gasteiger partial charge is 0.147 e. The summed E-state index contributed by atoms with van der Waals surface area (Å²) in [7, 11) is -6.09. The van der Waals surface area contributed by atoms with Gasteiger partial charge in [0, 0.05) is 39.0 Å². The van der Waals surface area contributed by atoms with Crippen molar-refractivity contribution in [3.8, 4) is 0 Å². The van der Waals surface area contributed by atoms with Gasteiger partial charge in [-0.05, 0) is 130 Å². The molecular weight excluding hydrogens is 610 g/mol. The van der Waals surface area contributed by atoms with Crippen LogP contribution >= 0.6 is 14.3 Å². The van der Waals surface area contributed by atoms with Crippen LogP contribution in [0.15, 0.2) is 96.1 Å². The summed E-state index contributed by atoms with van der Waals surface area (Å²) in [5.41, 5.74) is 11.5. The molecule has 0 atom stereocenters. The summed E-state index contributed by atoms with van der Waals surface area (Å²) in [6.07, 6.45) is 9.72. The zero-order valence-electron chi connectivity index (χ0n) is 29.5. The van der Waals surface area contributed by atoms with E-state index >= 15 is 9.13 Å². The predicted octanol–water partition coefficient (Wildman–Crippen LogP) is 9.91. The van der Waals surface area contributed by atoms with Crippen molar-refractivity contribution in [2.24, 2.45) is 5.41 Å². The van der Waals surface area contributed by atoms with Crippen molar-refractivity contribution in [3.05, 3.63) is 141 Å². The van der Waals surface area contributed by atoms with Crippen LogP contribution in [-0.4, -0.2) is 12.3 Å². The number of benzene rings is 4. The fourth-order valence-corrected chi connectivity index (χ4v) is 15.0. The molecule has 47 heavy (non-hydrogen) atoms. The molecule has 1 spiro atoms. The van der Waals surface area contributed by atoms with Crippen LogP contribution in [-0.2, 0) is 9.13 Å². The molecule has 2 aliphatic carbocycles. The van der Waals surface area contributed by atoms with Crippen LogP contribution < -0.4 is 21.2 Å². The van der Waals surface area contributed by atoms with Gasteiger partial charge in [-0.25, -0.2) is 0 Å². The molecule has 2 aliphatic rings. The van der Waals surface area contributed by atoms with Crippen molar-refractivity contribution in [1.29, 1.82) is 0 Å². The van der Waals surface area contributed by atoms with Gasteiger partial charge in [0.05, 0.1) is 0 Å². The van der Waals surface area contributed by atoms with Gasteiger partial charge in [0.1, 0.15) is 14.3 Å². The van der Waals surface area contributed by atoms with Crippen molar-refractivity contribution >= 4 is 35.5 Å². The van der Waals surface area contributed by atoms with Crippen LogP contribution in [0.4, 0.5) is 0 Å². The maximum Gasteiger partial charge on any atom is 0.147 e. The van der Waals surface area contributed by atoms with E-state index in [1.54, 1.807) is 0 Å². The Morgan fingerprint density at radius 1 is 0.426 bits per heavy atom. The van der Waals surface area contributed by atoms with Crippen molar-refractivity contribution < 1.29 is 9.13 Å². The van der Waals surface area contributed by atoms with Gasteiger partial charge >= 0.3 is 0 Å². The average Bonchev–Trinajstić information content (AvgIpc) is 3.56. The van der Waals surface area contributed by atoms with Gasteiger partial charge in [-0.1, -0.05) is 92.1 Å². The Labute approximate surface area is 283 Å². The number of allylic oxidation sites excluding steroid dienone is 4. The third kappa shape index (κ3) is 6.49. The Balaban J connectivity index is 1.46. The summed E-state index contributed by atoms with van der Waals surface area (Å²) in [5, 5.41) is 3.79. The summed E-state index contributed by atoms with van der Waals surface area (Å²) in [4.78, 5) is 0. The highest BCUT2D eigenvalue weighted by molar-refractivity contribution is 7.79. The first kappa shape index (κ1) is 33.7. The second kappa shape index (κ2) is 12.7. The van der Waals surface area contributed by atoms with Gasteiger partial charge in [0.2, 0.25) is 0 Å². The first-order chi connectivity index (χ1) is 22.2. The van der Waals surface area contributed by atoms with Gasteiger partial charge in [-0.15, -0.1) is 0 Å². The maximum atomic E-state index is 15.8. The normalized spacial score (nSPS) is 16.1. The molecule has 4 aromatic rings. The minimum atomic E-state index is -3.04. The Kier molecular flexibility index (Phi) is 9.10. The second-order valence-electron chi connectivity index (χ2n) is 14.8. The van der Waals surface area contributed by atoms with E-state index in [1.807, 2.05) is 0 Å². The minimum absolute atomic E-state index is 0.208. The van der Waals surface area contributed by atoms with E-state index in [1.165, 1.54) is 11.1 Å². The molecule has 2 nitrogen and oxygen atoms in total. The molecule has 0 amide bonds. The van der Waals surface area contributed by atoms with Gasteiger partial charge < -0.3 is 9.13 Å². The SMILES string of the molecule is Cc1cc(C)cc(P(=O)(CC2=CCCC23CCC=C3CP(=O)(c2cc(C)cc(C)c2)c2cc(C)cc(C)c2)c2cc(C)cc(C)c2)c1. The first-order valence-electron chi connectivity index (χ1n) is 17.1. The van der Waals surface area contributed by atoms with Crippen LogP contribution in [0.3, 0.4) is 0 Å². The lowest BCUT2D eigenvalue weighted by Crippen LogP contribution is -2.30. The molecule has 0 fully saturated rings. The van der Waals surface area contributed by atoms with Gasteiger partial charge in [0.25, 0.3) is 0 Å². The fraction of sp³-hybridized carbons (Fsp3) is 0.349. The molecule has 6 rings (SSSR count). The highest BCUT2D eigenvalue weighted by Gasteiger charge is 2.47. The van der Waals surface area contributed by atoms with Crippen LogP contribution in [0, 0.1) is 60.8 Å². The molecule has 0 saturated carbocycles. The van der Waals surface area contributed by atoms with Crippen molar-refractivity contribution in [2.75, 3.05) is 12.3 Å². The highest BCUT2D eigenvalue weighted by atomic mass is 31.2. The molecule has 0 aliphatic heterocycles. The van der Waals surface area contributed by atoms with Crippen LogP contribution in [0.5, 0.6) is 0 Å². The molecule has 0 bridgehead atoms. The molecule has 0 heterocycles. The fourth-order valence-electron chi connectivity index (χ4n) is 8.56. The summed E-state index contributed by atoms with van der Waals surface area (Å²) in [6.45, 7) is 16.8.